The zero-order valence-electron chi connectivity index (χ0n) is 11.1. The monoisotopic (exact) mass is 294 g/mol. The van der Waals surface area contributed by atoms with Crippen LogP contribution >= 0.6 is 0 Å². The van der Waals surface area contributed by atoms with Crippen molar-refractivity contribution in [2.45, 2.75) is 24.5 Å². The average Bonchev–Trinajstić information content (AvgIpc) is 2.75. The summed E-state index contributed by atoms with van der Waals surface area (Å²) in [5, 5.41) is 8.74. The third kappa shape index (κ3) is 3.08. The smallest absolute Gasteiger partial charge is 0.371 e. The maximum absolute atomic E-state index is 12.3. The van der Waals surface area contributed by atoms with Gasteiger partial charge >= 0.3 is 5.97 Å². The summed E-state index contributed by atoms with van der Waals surface area (Å²) in [6.45, 7) is 3.64. The topological polar surface area (TPSA) is 84.6 Å². The molecule has 1 aromatic heterocycles. The molecule has 1 N–H and O–H groups in total. The first kappa shape index (κ1) is 14.3. The number of aryl methyl sites for hydroxylation is 2. The first-order valence-electron chi connectivity index (χ1n) is 5.91. The Morgan fingerprint density at radius 3 is 2.25 bits per heavy atom. The predicted octanol–water partition coefficient (Wildman–Crippen LogP) is 2.57. The molecule has 6 heteroatoms. The van der Waals surface area contributed by atoms with Gasteiger partial charge in [-0.05, 0) is 49.2 Å². The van der Waals surface area contributed by atoms with Crippen molar-refractivity contribution in [3.05, 3.63) is 53.0 Å². The molecule has 0 saturated heterocycles. The normalized spacial score (nSPS) is 11.5. The second kappa shape index (κ2) is 5.13. The molecule has 2 rings (SSSR count). The quantitative estimate of drug-likeness (QED) is 0.936. The zero-order valence-corrected chi connectivity index (χ0v) is 11.9. The van der Waals surface area contributed by atoms with Gasteiger partial charge in [-0.1, -0.05) is 6.07 Å². The largest absolute Gasteiger partial charge is 0.475 e. The molecule has 0 fully saturated rings. The van der Waals surface area contributed by atoms with Crippen LogP contribution in [0.15, 0.2) is 39.6 Å². The van der Waals surface area contributed by atoms with E-state index in [2.05, 4.69) is 0 Å². The lowest BCUT2D eigenvalue weighted by Crippen LogP contribution is -2.05. The van der Waals surface area contributed by atoms with Gasteiger partial charge in [0.25, 0.3) is 0 Å². The van der Waals surface area contributed by atoms with E-state index >= 15 is 0 Å². The van der Waals surface area contributed by atoms with Crippen molar-refractivity contribution in [3.63, 3.8) is 0 Å². The number of hydrogen-bond donors (Lipinski definition) is 1. The van der Waals surface area contributed by atoms with Crippen LogP contribution in [0.5, 0.6) is 0 Å². The van der Waals surface area contributed by atoms with Crippen LogP contribution in [0.3, 0.4) is 0 Å². The molecule has 106 valence electrons. The summed E-state index contributed by atoms with van der Waals surface area (Å²) >= 11 is 0. The highest BCUT2D eigenvalue weighted by atomic mass is 32.2. The second-order valence-electron chi connectivity index (χ2n) is 4.65. The van der Waals surface area contributed by atoms with Crippen LogP contribution in [-0.2, 0) is 15.6 Å². The fourth-order valence-corrected chi connectivity index (χ4v) is 3.38. The molecule has 0 spiro atoms. The van der Waals surface area contributed by atoms with Crippen LogP contribution < -0.4 is 0 Å². The van der Waals surface area contributed by atoms with E-state index in [0.717, 1.165) is 11.1 Å². The molecule has 0 radical (unpaired) electrons. The molecule has 0 aliphatic carbocycles. The SMILES string of the molecule is Cc1cc(C)cc(S(=O)(=O)Cc2ccc(C(=O)O)o2)c1. The minimum atomic E-state index is -3.56. The molecule has 2 aromatic rings. The summed E-state index contributed by atoms with van der Waals surface area (Å²) in [6.07, 6.45) is 0. The van der Waals surface area contributed by atoms with Gasteiger partial charge in [0.1, 0.15) is 11.5 Å². The molecule has 0 amide bonds. The Hall–Kier alpha value is -2.08. The summed E-state index contributed by atoms with van der Waals surface area (Å²) < 4.78 is 29.5. The Morgan fingerprint density at radius 2 is 1.75 bits per heavy atom. The maximum Gasteiger partial charge on any atom is 0.371 e. The molecule has 0 atom stereocenters. The second-order valence-corrected chi connectivity index (χ2v) is 6.64. The highest BCUT2D eigenvalue weighted by Gasteiger charge is 2.19. The van der Waals surface area contributed by atoms with Gasteiger partial charge in [-0.3, -0.25) is 0 Å². The number of carbonyl (C=O) groups is 1. The third-order valence-electron chi connectivity index (χ3n) is 2.76. The van der Waals surface area contributed by atoms with Crippen LogP contribution in [0, 0.1) is 13.8 Å². The molecule has 1 heterocycles. The fourth-order valence-electron chi connectivity index (χ4n) is 1.95. The summed E-state index contributed by atoms with van der Waals surface area (Å²) in [6, 6.07) is 7.67. The van der Waals surface area contributed by atoms with Crippen LogP contribution in [-0.4, -0.2) is 19.5 Å². The van der Waals surface area contributed by atoms with Gasteiger partial charge in [-0.25, -0.2) is 13.2 Å². The Labute approximate surface area is 116 Å². The number of carboxylic acids is 1. The lowest BCUT2D eigenvalue weighted by molar-refractivity contribution is 0.0660. The first-order valence-corrected chi connectivity index (χ1v) is 7.56. The van der Waals surface area contributed by atoms with Gasteiger partial charge < -0.3 is 9.52 Å². The fraction of sp³-hybridized carbons (Fsp3) is 0.214. The van der Waals surface area contributed by atoms with E-state index in [0.29, 0.717) is 0 Å². The summed E-state index contributed by atoms with van der Waals surface area (Å²) in [5.41, 5.74) is 1.71. The van der Waals surface area contributed by atoms with Crippen molar-refractivity contribution in [2.24, 2.45) is 0 Å². The molecule has 0 saturated carbocycles. The summed E-state index contributed by atoms with van der Waals surface area (Å²) in [5.74, 6) is -1.74. The van der Waals surface area contributed by atoms with E-state index in [1.165, 1.54) is 12.1 Å². The molecular weight excluding hydrogens is 280 g/mol. The van der Waals surface area contributed by atoms with Crippen molar-refractivity contribution in [3.8, 4) is 0 Å². The van der Waals surface area contributed by atoms with Crippen molar-refractivity contribution < 1.29 is 22.7 Å². The number of sulfone groups is 1. The Balaban J connectivity index is 2.32. The number of rotatable bonds is 4. The first-order chi connectivity index (χ1) is 9.28. The van der Waals surface area contributed by atoms with Crippen LogP contribution in [0.25, 0.3) is 0 Å². The van der Waals surface area contributed by atoms with Crippen molar-refractivity contribution >= 4 is 15.8 Å². The number of aromatic carboxylic acids is 1. The minimum absolute atomic E-state index is 0.113. The van der Waals surface area contributed by atoms with Gasteiger partial charge in [-0.2, -0.15) is 0 Å². The molecule has 5 nitrogen and oxygen atoms in total. The van der Waals surface area contributed by atoms with Gasteiger partial charge in [0, 0.05) is 0 Å². The van der Waals surface area contributed by atoms with Crippen molar-refractivity contribution in [1.29, 1.82) is 0 Å². The van der Waals surface area contributed by atoms with E-state index < -0.39 is 15.8 Å². The van der Waals surface area contributed by atoms with E-state index in [-0.39, 0.29) is 22.2 Å². The van der Waals surface area contributed by atoms with Crippen LogP contribution in [0.1, 0.15) is 27.4 Å². The Bertz CT molecular complexity index is 735. The lowest BCUT2D eigenvalue weighted by Gasteiger charge is -2.05. The highest BCUT2D eigenvalue weighted by Crippen LogP contribution is 2.20. The molecule has 0 aliphatic heterocycles. The lowest BCUT2D eigenvalue weighted by atomic mass is 10.2. The Morgan fingerprint density at radius 1 is 1.15 bits per heavy atom. The van der Waals surface area contributed by atoms with Crippen molar-refractivity contribution in [2.75, 3.05) is 0 Å². The summed E-state index contributed by atoms with van der Waals surface area (Å²) in [7, 11) is -3.56. The van der Waals surface area contributed by atoms with E-state index in [1.807, 2.05) is 19.9 Å². The maximum atomic E-state index is 12.3. The van der Waals surface area contributed by atoms with E-state index in [1.54, 1.807) is 12.1 Å². The molecule has 0 unspecified atom stereocenters. The number of hydrogen-bond acceptors (Lipinski definition) is 4. The van der Waals surface area contributed by atoms with Gasteiger partial charge in [-0.15, -0.1) is 0 Å². The molecule has 20 heavy (non-hydrogen) atoms. The highest BCUT2D eigenvalue weighted by molar-refractivity contribution is 7.90. The van der Waals surface area contributed by atoms with E-state index in [9.17, 15) is 13.2 Å². The molecule has 1 aromatic carbocycles. The van der Waals surface area contributed by atoms with Crippen molar-refractivity contribution in [1.82, 2.24) is 0 Å². The predicted molar refractivity (Wildman–Crippen MR) is 72.5 cm³/mol. The van der Waals surface area contributed by atoms with Gasteiger partial charge in [0.15, 0.2) is 9.84 Å². The molecule has 0 bridgehead atoms. The number of furan rings is 1. The molecule has 0 aliphatic rings. The minimum Gasteiger partial charge on any atom is -0.475 e. The number of benzene rings is 1. The Kier molecular flexibility index (Phi) is 3.67. The van der Waals surface area contributed by atoms with Gasteiger partial charge in [0.05, 0.1) is 4.90 Å². The van der Waals surface area contributed by atoms with Crippen LogP contribution in [0.4, 0.5) is 0 Å². The standard InChI is InChI=1S/C14H14O5S/c1-9-5-10(2)7-12(6-9)20(17,18)8-11-3-4-13(19-11)14(15)16/h3-7H,8H2,1-2H3,(H,15,16). The average molecular weight is 294 g/mol. The van der Waals surface area contributed by atoms with Crippen LogP contribution in [0.2, 0.25) is 0 Å². The number of carboxylic acid groups (broad SMARTS) is 1. The zero-order chi connectivity index (χ0) is 14.9. The molecular formula is C14H14O5S. The van der Waals surface area contributed by atoms with E-state index in [4.69, 9.17) is 9.52 Å². The summed E-state index contributed by atoms with van der Waals surface area (Å²) in [4.78, 5) is 10.9. The van der Waals surface area contributed by atoms with Gasteiger partial charge in [0.2, 0.25) is 5.76 Å². The third-order valence-corrected chi connectivity index (χ3v) is 4.38.